The zero-order valence-corrected chi connectivity index (χ0v) is 25.6. The molecule has 8 aromatic carbocycles. The van der Waals surface area contributed by atoms with Gasteiger partial charge in [0.05, 0.1) is 11.2 Å². The van der Waals surface area contributed by atoms with E-state index in [2.05, 4.69) is 152 Å². The highest BCUT2D eigenvalue weighted by Crippen LogP contribution is 2.46. The fourth-order valence-corrected chi connectivity index (χ4v) is 7.80. The van der Waals surface area contributed by atoms with E-state index in [1.54, 1.807) is 0 Å². The lowest BCUT2D eigenvalue weighted by atomic mass is 9.90. The molecule has 0 atom stereocenters. The van der Waals surface area contributed by atoms with Gasteiger partial charge in [0, 0.05) is 22.9 Å². The number of fused-ring (bicyclic) bond motifs is 10. The highest BCUT2D eigenvalue weighted by atomic mass is 14.9. The average molecular weight is 597 g/mol. The maximum atomic E-state index is 5.24. The van der Waals surface area contributed by atoms with Gasteiger partial charge in [-0.05, 0) is 77.8 Å². The molecule has 47 heavy (non-hydrogen) atoms. The Bertz CT molecular complexity index is 2670. The number of benzene rings is 8. The lowest BCUT2D eigenvalue weighted by molar-refractivity contribution is 1.19. The van der Waals surface area contributed by atoms with Crippen molar-refractivity contribution in [3.05, 3.63) is 169 Å². The molecule has 1 aromatic heterocycles. The first kappa shape index (κ1) is 26.1. The fraction of sp³-hybridized carbons (Fsp3) is 0.0222. The van der Waals surface area contributed by atoms with Crippen LogP contribution in [0.3, 0.4) is 0 Å². The molecule has 0 saturated heterocycles. The summed E-state index contributed by atoms with van der Waals surface area (Å²) < 4.78 is 0. The minimum atomic E-state index is 0.776. The number of aromatic nitrogens is 2. The van der Waals surface area contributed by atoms with Crippen LogP contribution in [0.4, 0.5) is 0 Å². The maximum absolute atomic E-state index is 5.24. The largest absolute Gasteiger partial charge is 0.228 e. The summed E-state index contributed by atoms with van der Waals surface area (Å²) in [6.45, 7) is 0. The zero-order chi connectivity index (χ0) is 30.9. The lowest BCUT2D eigenvalue weighted by Crippen LogP contribution is -1.98. The molecule has 0 radical (unpaired) electrons. The molecule has 10 rings (SSSR count). The zero-order valence-electron chi connectivity index (χ0n) is 25.6. The molecule has 2 heteroatoms. The van der Waals surface area contributed by atoms with Gasteiger partial charge < -0.3 is 0 Å². The van der Waals surface area contributed by atoms with Crippen molar-refractivity contribution in [2.45, 2.75) is 6.42 Å². The summed E-state index contributed by atoms with van der Waals surface area (Å²) in [5, 5.41) is 8.86. The fourth-order valence-electron chi connectivity index (χ4n) is 7.80. The Kier molecular flexibility index (Phi) is 5.67. The van der Waals surface area contributed by atoms with Gasteiger partial charge in [-0.3, -0.25) is 0 Å². The minimum Gasteiger partial charge on any atom is -0.228 e. The number of nitrogens with zero attached hydrogens (tertiary/aromatic N) is 2. The van der Waals surface area contributed by atoms with Crippen molar-refractivity contribution in [1.29, 1.82) is 0 Å². The molecule has 9 aromatic rings. The smallest absolute Gasteiger partial charge is 0.160 e. The van der Waals surface area contributed by atoms with E-state index in [0.29, 0.717) is 0 Å². The molecule has 1 aliphatic rings. The van der Waals surface area contributed by atoms with E-state index in [1.807, 2.05) is 6.07 Å². The molecular weight excluding hydrogens is 569 g/mol. The molecule has 0 N–H and O–H groups in total. The lowest BCUT2D eigenvalue weighted by Gasteiger charge is -2.14. The quantitative estimate of drug-likeness (QED) is 0.190. The molecule has 2 nitrogen and oxygen atoms in total. The van der Waals surface area contributed by atoms with Crippen molar-refractivity contribution in [3.63, 3.8) is 0 Å². The predicted octanol–water partition coefficient (Wildman–Crippen LogP) is 11.7. The Morgan fingerprint density at radius 3 is 1.57 bits per heavy atom. The first-order valence-electron chi connectivity index (χ1n) is 16.2. The second kappa shape index (κ2) is 10.2. The molecule has 0 saturated carbocycles. The molecule has 1 aliphatic carbocycles. The minimum absolute atomic E-state index is 0.776. The van der Waals surface area contributed by atoms with Crippen molar-refractivity contribution in [1.82, 2.24) is 9.97 Å². The van der Waals surface area contributed by atoms with Gasteiger partial charge in [-0.15, -0.1) is 0 Å². The van der Waals surface area contributed by atoms with Crippen LogP contribution in [0, 0.1) is 0 Å². The third-order valence-corrected chi connectivity index (χ3v) is 9.94. The van der Waals surface area contributed by atoms with Gasteiger partial charge in [0.2, 0.25) is 0 Å². The number of hydrogen-bond donors (Lipinski definition) is 0. The number of para-hydroxylation sites is 1. The molecule has 0 unspecified atom stereocenters. The molecular formula is C45H28N2. The van der Waals surface area contributed by atoms with E-state index < -0.39 is 0 Å². The average Bonchev–Trinajstić information content (AvgIpc) is 3.54. The predicted molar refractivity (Wildman–Crippen MR) is 197 cm³/mol. The summed E-state index contributed by atoms with van der Waals surface area (Å²) in [5.74, 6) is 0.776. The SMILES string of the molecule is c1ccc(-c2nc(-c3cccc4c3Cc3c(-c5ccc6c7ccccc7c7ccccc7c6c5)cccc3-4)nc3ccccc23)cc1. The summed E-state index contributed by atoms with van der Waals surface area (Å²) in [7, 11) is 0. The molecule has 218 valence electrons. The van der Waals surface area contributed by atoms with E-state index in [9.17, 15) is 0 Å². The van der Waals surface area contributed by atoms with Crippen LogP contribution >= 0.6 is 0 Å². The van der Waals surface area contributed by atoms with E-state index in [0.717, 1.165) is 40.0 Å². The molecule has 0 amide bonds. The van der Waals surface area contributed by atoms with Crippen LogP contribution in [0.1, 0.15) is 11.1 Å². The van der Waals surface area contributed by atoms with Crippen LogP contribution in [0.25, 0.3) is 88.1 Å². The van der Waals surface area contributed by atoms with Gasteiger partial charge in [-0.1, -0.05) is 146 Å². The van der Waals surface area contributed by atoms with Crippen molar-refractivity contribution in [3.8, 4) is 44.9 Å². The van der Waals surface area contributed by atoms with E-state index in [1.165, 1.54) is 65.7 Å². The Balaban J connectivity index is 1.14. The molecule has 0 spiro atoms. The van der Waals surface area contributed by atoms with Crippen LogP contribution in [0.5, 0.6) is 0 Å². The van der Waals surface area contributed by atoms with Crippen LogP contribution in [-0.2, 0) is 6.42 Å². The van der Waals surface area contributed by atoms with Crippen molar-refractivity contribution >= 4 is 43.2 Å². The van der Waals surface area contributed by atoms with Gasteiger partial charge in [0.25, 0.3) is 0 Å². The third kappa shape index (κ3) is 3.98. The summed E-state index contributed by atoms with van der Waals surface area (Å²) >= 11 is 0. The molecule has 0 bridgehead atoms. The number of hydrogen-bond acceptors (Lipinski definition) is 2. The third-order valence-electron chi connectivity index (χ3n) is 9.94. The summed E-state index contributed by atoms with van der Waals surface area (Å²) in [4.78, 5) is 10.4. The van der Waals surface area contributed by atoms with Crippen LogP contribution in [-0.4, -0.2) is 9.97 Å². The highest BCUT2D eigenvalue weighted by molar-refractivity contribution is 6.25. The van der Waals surface area contributed by atoms with Gasteiger partial charge in [-0.25, -0.2) is 9.97 Å². The Morgan fingerprint density at radius 1 is 0.340 bits per heavy atom. The second-order valence-corrected chi connectivity index (χ2v) is 12.5. The van der Waals surface area contributed by atoms with Crippen molar-refractivity contribution in [2.24, 2.45) is 0 Å². The van der Waals surface area contributed by atoms with E-state index in [-0.39, 0.29) is 0 Å². The monoisotopic (exact) mass is 596 g/mol. The maximum Gasteiger partial charge on any atom is 0.160 e. The number of rotatable bonds is 3. The van der Waals surface area contributed by atoms with Crippen molar-refractivity contribution in [2.75, 3.05) is 0 Å². The summed E-state index contributed by atoms with van der Waals surface area (Å²) in [5.41, 5.74) is 11.9. The highest BCUT2D eigenvalue weighted by Gasteiger charge is 2.26. The summed E-state index contributed by atoms with van der Waals surface area (Å²) in [6.07, 6.45) is 0.838. The van der Waals surface area contributed by atoms with E-state index >= 15 is 0 Å². The van der Waals surface area contributed by atoms with Crippen LogP contribution in [0.2, 0.25) is 0 Å². The van der Waals surface area contributed by atoms with Gasteiger partial charge in [0.15, 0.2) is 5.82 Å². The molecule has 0 fully saturated rings. The normalized spacial score (nSPS) is 12.2. The first-order chi connectivity index (χ1) is 23.3. The van der Waals surface area contributed by atoms with Crippen LogP contribution in [0.15, 0.2) is 158 Å². The standard InChI is InChI=1S/C45H28N2/c1-2-12-28(13-3-1)44-39-18-8-9-23-43(39)46-45(47-44)38-22-11-21-36-35-20-10-19-30(41(35)27-42(36)38)29-24-25-37-33-16-5-4-14-31(33)32-15-6-7-17-34(32)40(37)26-29/h1-26H,27H2. The van der Waals surface area contributed by atoms with Gasteiger partial charge in [0.1, 0.15) is 0 Å². The first-order valence-corrected chi connectivity index (χ1v) is 16.2. The van der Waals surface area contributed by atoms with Gasteiger partial charge in [-0.2, -0.15) is 0 Å². The Labute approximate surface area is 272 Å². The molecule has 0 aliphatic heterocycles. The Hall–Kier alpha value is -6.12. The second-order valence-electron chi connectivity index (χ2n) is 12.5. The van der Waals surface area contributed by atoms with Crippen LogP contribution < -0.4 is 0 Å². The summed E-state index contributed by atoms with van der Waals surface area (Å²) in [6, 6.07) is 56.8. The van der Waals surface area contributed by atoms with Gasteiger partial charge >= 0.3 is 0 Å². The topological polar surface area (TPSA) is 25.8 Å². The van der Waals surface area contributed by atoms with E-state index in [4.69, 9.17) is 9.97 Å². The van der Waals surface area contributed by atoms with Crippen molar-refractivity contribution < 1.29 is 0 Å². The Morgan fingerprint density at radius 2 is 0.872 bits per heavy atom. The molecule has 1 heterocycles.